The summed E-state index contributed by atoms with van der Waals surface area (Å²) in [6.07, 6.45) is 3.44. The number of pyridine rings is 1. The van der Waals surface area contributed by atoms with E-state index in [4.69, 9.17) is 11.6 Å². The highest BCUT2D eigenvalue weighted by Gasteiger charge is 2.14. The molecule has 2 heterocycles. The predicted molar refractivity (Wildman–Crippen MR) is 113 cm³/mol. The van der Waals surface area contributed by atoms with E-state index in [9.17, 15) is 9.59 Å². The summed E-state index contributed by atoms with van der Waals surface area (Å²) >= 11 is 5.88. The first kappa shape index (κ1) is 19.8. The van der Waals surface area contributed by atoms with E-state index in [1.807, 2.05) is 18.2 Å². The zero-order valence-corrected chi connectivity index (χ0v) is 16.8. The molecule has 0 aliphatic heterocycles. The Labute approximate surface area is 168 Å². The lowest BCUT2D eigenvalue weighted by Gasteiger charge is -2.19. The standard InChI is InChI=1S/C22H22ClN3O2/c1-22(2,3)16-8-6-15(7-9-16)17(19-11-10-18(23)21(28)25-19)12-14-26-20(27)5-4-13-24-26/h4-13H,14H2,1-3H3,(H,25,28)/b17-12+. The molecule has 0 saturated carbocycles. The molecule has 0 fully saturated rings. The van der Waals surface area contributed by atoms with Gasteiger partial charge in [-0.1, -0.05) is 62.7 Å². The average molecular weight is 396 g/mol. The molecule has 0 spiro atoms. The third-order valence-electron chi connectivity index (χ3n) is 4.47. The summed E-state index contributed by atoms with van der Waals surface area (Å²) < 4.78 is 1.36. The Bertz CT molecular complexity index is 1120. The predicted octanol–water partition coefficient (Wildman–Crippen LogP) is 4.01. The lowest BCUT2D eigenvalue weighted by Crippen LogP contribution is -2.20. The van der Waals surface area contributed by atoms with Crippen molar-refractivity contribution in [2.75, 3.05) is 0 Å². The second-order valence-corrected chi connectivity index (χ2v) is 7.95. The van der Waals surface area contributed by atoms with Crippen LogP contribution in [0.15, 0.2) is 70.4 Å². The van der Waals surface area contributed by atoms with Crippen molar-refractivity contribution in [2.45, 2.75) is 32.7 Å². The molecule has 0 radical (unpaired) electrons. The largest absolute Gasteiger partial charge is 0.321 e. The van der Waals surface area contributed by atoms with Crippen molar-refractivity contribution >= 4 is 17.2 Å². The van der Waals surface area contributed by atoms with Crippen LogP contribution in [-0.4, -0.2) is 14.8 Å². The Hall–Kier alpha value is -2.92. The smallest absolute Gasteiger partial charge is 0.267 e. The Kier molecular flexibility index (Phi) is 5.66. The number of hydrogen-bond acceptors (Lipinski definition) is 3. The topological polar surface area (TPSA) is 67.8 Å². The van der Waals surface area contributed by atoms with Crippen molar-refractivity contribution in [1.29, 1.82) is 0 Å². The van der Waals surface area contributed by atoms with E-state index in [0.29, 0.717) is 5.69 Å². The van der Waals surface area contributed by atoms with Gasteiger partial charge >= 0.3 is 0 Å². The molecule has 6 heteroatoms. The summed E-state index contributed by atoms with van der Waals surface area (Å²) in [5.74, 6) is 0. The number of H-pyrrole nitrogens is 1. The van der Waals surface area contributed by atoms with Gasteiger partial charge in [0.05, 0.1) is 6.54 Å². The Morgan fingerprint density at radius 1 is 1.11 bits per heavy atom. The number of benzene rings is 1. The van der Waals surface area contributed by atoms with E-state index in [-0.39, 0.29) is 28.1 Å². The molecule has 3 rings (SSSR count). The highest BCUT2D eigenvalue weighted by atomic mass is 35.5. The maximum atomic E-state index is 12.0. The van der Waals surface area contributed by atoms with Crippen LogP contribution in [0.25, 0.3) is 5.57 Å². The summed E-state index contributed by atoms with van der Waals surface area (Å²) in [5, 5.41) is 4.21. The number of aromatic amines is 1. The van der Waals surface area contributed by atoms with Crippen molar-refractivity contribution in [2.24, 2.45) is 0 Å². The summed E-state index contributed by atoms with van der Waals surface area (Å²) in [6, 6.07) is 14.6. The van der Waals surface area contributed by atoms with Crippen LogP contribution in [0.4, 0.5) is 0 Å². The van der Waals surface area contributed by atoms with E-state index in [0.717, 1.165) is 11.1 Å². The van der Waals surface area contributed by atoms with Gasteiger partial charge in [0.15, 0.2) is 0 Å². The van der Waals surface area contributed by atoms with Crippen LogP contribution in [0.3, 0.4) is 0 Å². The fraction of sp³-hybridized carbons (Fsp3) is 0.227. The van der Waals surface area contributed by atoms with Crippen LogP contribution >= 0.6 is 11.6 Å². The normalized spacial score (nSPS) is 12.2. The van der Waals surface area contributed by atoms with Crippen LogP contribution in [0.2, 0.25) is 5.02 Å². The molecule has 144 valence electrons. The first-order chi connectivity index (χ1) is 13.3. The molecule has 0 saturated heterocycles. The summed E-state index contributed by atoms with van der Waals surface area (Å²) in [7, 11) is 0. The highest BCUT2D eigenvalue weighted by molar-refractivity contribution is 6.30. The van der Waals surface area contributed by atoms with E-state index in [1.165, 1.54) is 16.3 Å². The molecule has 3 aromatic rings. The van der Waals surface area contributed by atoms with Gasteiger partial charge in [-0.05, 0) is 34.7 Å². The summed E-state index contributed by atoms with van der Waals surface area (Å²) in [6.45, 7) is 6.75. The molecule has 1 aromatic carbocycles. The number of hydrogen-bond donors (Lipinski definition) is 1. The van der Waals surface area contributed by atoms with Crippen molar-refractivity contribution in [1.82, 2.24) is 14.8 Å². The molecule has 2 aromatic heterocycles. The van der Waals surface area contributed by atoms with Crippen molar-refractivity contribution < 1.29 is 0 Å². The first-order valence-electron chi connectivity index (χ1n) is 8.98. The monoisotopic (exact) mass is 395 g/mol. The molecule has 0 bridgehead atoms. The van der Waals surface area contributed by atoms with Gasteiger partial charge in [-0.2, -0.15) is 5.10 Å². The van der Waals surface area contributed by atoms with Gasteiger partial charge in [0.1, 0.15) is 5.02 Å². The van der Waals surface area contributed by atoms with Crippen LogP contribution < -0.4 is 11.1 Å². The van der Waals surface area contributed by atoms with Gasteiger partial charge < -0.3 is 4.98 Å². The Morgan fingerprint density at radius 2 is 1.82 bits per heavy atom. The number of aromatic nitrogens is 3. The lowest BCUT2D eigenvalue weighted by molar-refractivity contribution is 0.590. The summed E-state index contributed by atoms with van der Waals surface area (Å²) in [4.78, 5) is 26.8. The van der Waals surface area contributed by atoms with Gasteiger partial charge in [0, 0.05) is 23.5 Å². The molecule has 0 amide bonds. The molecular formula is C22H22ClN3O2. The second kappa shape index (κ2) is 7.98. The number of nitrogens with zero attached hydrogens (tertiary/aromatic N) is 2. The molecule has 0 atom stereocenters. The van der Waals surface area contributed by atoms with E-state index >= 15 is 0 Å². The molecule has 0 aliphatic rings. The van der Waals surface area contributed by atoms with Crippen LogP contribution in [0.1, 0.15) is 37.6 Å². The average Bonchev–Trinajstić information content (AvgIpc) is 2.66. The minimum atomic E-state index is -0.355. The number of rotatable bonds is 4. The lowest BCUT2D eigenvalue weighted by atomic mass is 9.86. The number of nitrogens with one attached hydrogen (secondary N) is 1. The third-order valence-corrected chi connectivity index (χ3v) is 4.76. The van der Waals surface area contributed by atoms with Crippen molar-refractivity contribution in [3.8, 4) is 0 Å². The zero-order valence-electron chi connectivity index (χ0n) is 16.1. The van der Waals surface area contributed by atoms with Crippen molar-refractivity contribution in [3.05, 3.63) is 103 Å². The fourth-order valence-corrected chi connectivity index (χ4v) is 2.96. The summed E-state index contributed by atoms with van der Waals surface area (Å²) in [5.41, 5.74) is 3.06. The Morgan fingerprint density at radius 3 is 2.43 bits per heavy atom. The van der Waals surface area contributed by atoms with E-state index < -0.39 is 0 Å². The molecule has 1 N–H and O–H groups in total. The third kappa shape index (κ3) is 4.49. The van der Waals surface area contributed by atoms with Crippen LogP contribution in [0.5, 0.6) is 0 Å². The molecule has 0 aliphatic carbocycles. The van der Waals surface area contributed by atoms with Crippen molar-refractivity contribution in [3.63, 3.8) is 0 Å². The second-order valence-electron chi connectivity index (χ2n) is 7.54. The van der Waals surface area contributed by atoms with Gasteiger partial charge in [-0.25, -0.2) is 4.68 Å². The molecule has 5 nitrogen and oxygen atoms in total. The van der Waals surface area contributed by atoms with E-state index in [1.54, 1.807) is 24.4 Å². The number of halogens is 1. The zero-order chi connectivity index (χ0) is 20.3. The molecule has 28 heavy (non-hydrogen) atoms. The van der Waals surface area contributed by atoms with Gasteiger partial charge in [0.25, 0.3) is 11.1 Å². The Balaban J connectivity index is 2.07. The SMILES string of the molecule is CC(C)(C)c1ccc(/C(=C\Cn2ncccc2=O)c2ccc(Cl)c(=O)[nH]2)cc1. The maximum absolute atomic E-state index is 12.0. The van der Waals surface area contributed by atoms with Gasteiger partial charge in [-0.15, -0.1) is 0 Å². The molecule has 0 unspecified atom stereocenters. The maximum Gasteiger partial charge on any atom is 0.267 e. The van der Waals surface area contributed by atoms with Gasteiger partial charge in [-0.3, -0.25) is 9.59 Å². The van der Waals surface area contributed by atoms with Crippen LogP contribution in [0, 0.1) is 0 Å². The number of allylic oxidation sites excluding steroid dienone is 1. The van der Waals surface area contributed by atoms with Gasteiger partial charge in [0.2, 0.25) is 0 Å². The van der Waals surface area contributed by atoms with E-state index in [2.05, 4.69) is 43.0 Å². The van der Waals surface area contributed by atoms with Crippen LogP contribution in [-0.2, 0) is 12.0 Å². The minimum Gasteiger partial charge on any atom is -0.321 e. The minimum absolute atomic E-state index is 0.0399. The molecular weight excluding hydrogens is 374 g/mol. The highest BCUT2D eigenvalue weighted by Crippen LogP contribution is 2.27. The first-order valence-corrected chi connectivity index (χ1v) is 9.36. The fourth-order valence-electron chi connectivity index (χ4n) is 2.85. The quantitative estimate of drug-likeness (QED) is 0.725.